The van der Waals surface area contributed by atoms with Crippen molar-refractivity contribution in [1.29, 1.82) is 0 Å². The van der Waals surface area contributed by atoms with Crippen LogP contribution in [0, 0.1) is 5.41 Å². The third kappa shape index (κ3) is 3.92. The van der Waals surface area contributed by atoms with E-state index < -0.39 is 23.1 Å². The molecule has 0 radical (unpaired) electrons. The molecular formula is C19H20F3N5O. The molecule has 0 saturated heterocycles. The number of carbonyl (C=O) groups excluding carboxylic acids is 1. The van der Waals surface area contributed by atoms with E-state index >= 15 is 0 Å². The first-order valence-corrected chi connectivity index (χ1v) is 8.56. The Labute approximate surface area is 159 Å². The number of anilines is 2. The molecule has 28 heavy (non-hydrogen) atoms. The molecule has 3 rings (SSSR count). The minimum absolute atomic E-state index is 0.300. The van der Waals surface area contributed by atoms with Crippen LogP contribution in [0.3, 0.4) is 0 Å². The van der Waals surface area contributed by atoms with Crippen molar-refractivity contribution in [3.63, 3.8) is 0 Å². The number of amides is 1. The van der Waals surface area contributed by atoms with Crippen LogP contribution < -0.4 is 10.6 Å². The standard InChI is InChI=1S/C19H20F3N5O/c1-18(2,3)17(28)25-13-9-11(5-6-12(13)19(20,21)22)14-10-27-16(24-14)8-7-15(23-4)26-27/h5-10H,1-4H3,(H,23,26)(H,25,28). The van der Waals surface area contributed by atoms with Crippen LogP contribution in [-0.4, -0.2) is 27.6 Å². The second-order valence-electron chi connectivity index (χ2n) is 7.36. The number of rotatable bonds is 3. The lowest BCUT2D eigenvalue weighted by Crippen LogP contribution is -2.28. The quantitative estimate of drug-likeness (QED) is 0.692. The third-order valence-corrected chi connectivity index (χ3v) is 4.13. The number of imidazole rings is 1. The summed E-state index contributed by atoms with van der Waals surface area (Å²) in [6.07, 6.45) is -2.98. The summed E-state index contributed by atoms with van der Waals surface area (Å²) in [6.45, 7) is 4.89. The summed E-state index contributed by atoms with van der Waals surface area (Å²) < 4.78 is 41.7. The summed E-state index contributed by atoms with van der Waals surface area (Å²) in [5, 5.41) is 9.60. The molecule has 0 aliphatic carbocycles. The normalized spacial score (nSPS) is 12.2. The highest BCUT2D eigenvalue weighted by Crippen LogP contribution is 2.37. The summed E-state index contributed by atoms with van der Waals surface area (Å²) in [4.78, 5) is 16.7. The van der Waals surface area contributed by atoms with Gasteiger partial charge in [-0.3, -0.25) is 4.79 Å². The highest BCUT2D eigenvalue weighted by molar-refractivity contribution is 5.96. The number of alkyl halides is 3. The zero-order chi connectivity index (χ0) is 20.7. The van der Waals surface area contributed by atoms with Gasteiger partial charge in [-0.25, -0.2) is 9.50 Å². The van der Waals surface area contributed by atoms with Gasteiger partial charge in [0.1, 0.15) is 5.82 Å². The van der Waals surface area contributed by atoms with Gasteiger partial charge in [-0.1, -0.05) is 26.8 Å². The third-order valence-electron chi connectivity index (χ3n) is 4.13. The van der Waals surface area contributed by atoms with Crippen molar-refractivity contribution in [3.05, 3.63) is 42.1 Å². The predicted molar refractivity (Wildman–Crippen MR) is 101 cm³/mol. The van der Waals surface area contributed by atoms with Crippen LogP contribution in [0.1, 0.15) is 26.3 Å². The second kappa shape index (κ2) is 6.81. The fourth-order valence-electron chi connectivity index (χ4n) is 2.52. The number of benzene rings is 1. The summed E-state index contributed by atoms with van der Waals surface area (Å²) in [5.74, 6) is 0.118. The number of nitrogens with one attached hydrogen (secondary N) is 2. The maximum atomic E-state index is 13.4. The van der Waals surface area contributed by atoms with E-state index in [0.29, 0.717) is 22.7 Å². The van der Waals surface area contributed by atoms with Gasteiger partial charge in [0.2, 0.25) is 5.91 Å². The van der Waals surface area contributed by atoms with Crippen molar-refractivity contribution < 1.29 is 18.0 Å². The molecular weight excluding hydrogens is 371 g/mol. The van der Waals surface area contributed by atoms with Crippen molar-refractivity contribution in [3.8, 4) is 11.3 Å². The van der Waals surface area contributed by atoms with Gasteiger partial charge in [0.05, 0.1) is 23.1 Å². The Bertz CT molecular complexity index is 1030. The van der Waals surface area contributed by atoms with Crippen LogP contribution in [0.25, 0.3) is 16.9 Å². The molecule has 0 aliphatic rings. The monoisotopic (exact) mass is 391 g/mol. The summed E-state index contributed by atoms with van der Waals surface area (Å²) in [5.41, 5.74) is -0.613. The van der Waals surface area contributed by atoms with Gasteiger partial charge < -0.3 is 10.6 Å². The Hall–Kier alpha value is -3.10. The van der Waals surface area contributed by atoms with E-state index in [4.69, 9.17) is 0 Å². The molecule has 2 N–H and O–H groups in total. The molecule has 6 nitrogen and oxygen atoms in total. The molecule has 2 aromatic heterocycles. The van der Waals surface area contributed by atoms with Crippen LogP contribution in [0.15, 0.2) is 36.5 Å². The number of carbonyl (C=O) groups is 1. The first kappa shape index (κ1) is 19.7. The van der Waals surface area contributed by atoms with Crippen LogP contribution in [-0.2, 0) is 11.0 Å². The van der Waals surface area contributed by atoms with Gasteiger partial charge in [0.25, 0.3) is 0 Å². The number of nitrogens with zero attached hydrogens (tertiary/aromatic N) is 3. The Morgan fingerprint density at radius 2 is 1.82 bits per heavy atom. The number of hydrogen-bond acceptors (Lipinski definition) is 4. The zero-order valence-corrected chi connectivity index (χ0v) is 15.8. The first-order valence-electron chi connectivity index (χ1n) is 8.56. The Kier molecular flexibility index (Phi) is 4.78. The van der Waals surface area contributed by atoms with Gasteiger partial charge in [-0.15, -0.1) is 5.10 Å². The maximum absolute atomic E-state index is 13.4. The molecule has 2 heterocycles. The second-order valence-corrected chi connectivity index (χ2v) is 7.36. The average Bonchev–Trinajstić information content (AvgIpc) is 3.02. The molecule has 0 bridgehead atoms. The largest absolute Gasteiger partial charge is 0.418 e. The SMILES string of the molecule is CNc1ccc2nc(-c3ccc(C(F)(F)F)c(NC(=O)C(C)(C)C)c3)cn2n1. The van der Waals surface area contributed by atoms with E-state index in [9.17, 15) is 18.0 Å². The average molecular weight is 391 g/mol. The van der Waals surface area contributed by atoms with Crippen molar-refractivity contribution >= 4 is 23.1 Å². The van der Waals surface area contributed by atoms with E-state index in [2.05, 4.69) is 20.7 Å². The lowest BCUT2D eigenvalue weighted by atomic mass is 9.95. The fraction of sp³-hybridized carbons (Fsp3) is 0.316. The van der Waals surface area contributed by atoms with Crippen molar-refractivity contribution in [2.75, 3.05) is 17.7 Å². The lowest BCUT2D eigenvalue weighted by Gasteiger charge is -2.20. The number of aromatic nitrogens is 3. The molecule has 0 unspecified atom stereocenters. The van der Waals surface area contributed by atoms with Gasteiger partial charge in [-0.2, -0.15) is 13.2 Å². The summed E-state index contributed by atoms with van der Waals surface area (Å²) >= 11 is 0. The van der Waals surface area contributed by atoms with E-state index in [1.165, 1.54) is 16.6 Å². The van der Waals surface area contributed by atoms with E-state index in [0.717, 1.165) is 6.07 Å². The van der Waals surface area contributed by atoms with Gasteiger partial charge in [-0.05, 0) is 24.3 Å². The van der Waals surface area contributed by atoms with Crippen molar-refractivity contribution in [1.82, 2.24) is 14.6 Å². The molecule has 0 atom stereocenters. The molecule has 148 valence electrons. The lowest BCUT2D eigenvalue weighted by molar-refractivity contribution is -0.137. The smallest absolute Gasteiger partial charge is 0.372 e. The first-order chi connectivity index (χ1) is 13.0. The van der Waals surface area contributed by atoms with Crippen LogP contribution in [0.2, 0.25) is 0 Å². The molecule has 0 saturated carbocycles. The summed E-state index contributed by atoms with van der Waals surface area (Å²) in [7, 11) is 1.73. The van der Waals surface area contributed by atoms with Gasteiger partial charge in [0, 0.05) is 18.0 Å². The van der Waals surface area contributed by atoms with E-state index in [-0.39, 0.29) is 5.69 Å². The van der Waals surface area contributed by atoms with E-state index in [1.54, 1.807) is 46.1 Å². The minimum atomic E-state index is -4.60. The molecule has 1 aromatic carbocycles. The molecule has 1 amide bonds. The van der Waals surface area contributed by atoms with Crippen LogP contribution >= 0.6 is 0 Å². The predicted octanol–water partition coefficient (Wildman–Crippen LogP) is 4.44. The van der Waals surface area contributed by atoms with Gasteiger partial charge in [0.15, 0.2) is 5.65 Å². The van der Waals surface area contributed by atoms with Crippen LogP contribution in [0.5, 0.6) is 0 Å². The van der Waals surface area contributed by atoms with E-state index in [1.807, 2.05) is 0 Å². The number of halogens is 3. The zero-order valence-electron chi connectivity index (χ0n) is 15.8. The molecule has 0 spiro atoms. The number of fused-ring (bicyclic) bond motifs is 1. The molecule has 9 heteroatoms. The molecule has 0 aliphatic heterocycles. The van der Waals surface area contributed by atoms with Crippen LogP contribution in [0.4, 0.5) is 24.7 Å². The minimum Gasteiger partial charge on any atom is -0.372 e. The number of hydrogen-bond donors (Lipinski definition) is 2. The fourth-order valence-corrected chi connectivity index (χ4v) is 2.52. The highest BCUT2D eigenvalue weighted by Gasteiger charge is 2.35. The Morgan fingerprint density at radius 1 is 1.11 bits per heavy atom. The van der Waals surface area contributed by atoms with Crippen molar-refractivity contribution in [2.45, 2.75) is 26.9 Å². The highest BCUT2D eigenvalue weighted by atomic mass is 19.4. The topological polar surface area (TPSA) is 71.3 Å². The Balaban J connectivity index is 2.07. The van der Waals surface area contributed by atoms with Crippen molar-refractivity contribution in [2.24, 2.45) is 5.41 Å². The Morgan fingerprint density at radius 3 is 2.43 bits per heavy atom. The maximum Gasteiger partial charge on any atom is 0.418 e. The molecule has 0 fully saturated rings. The molecule has 3 aromatic rings. The van der Waals surface area contributed by atoms with Gasteiger partial charge >= 0.3 is 6.18 Å². The summed E-state index contributed by atoms with van der Waals surface area (Å²) in [6, 6.07) is 7.05.